The highest BCUT2D eigenvalue weighted by Gasteiger charge is 2.36. The lowest BCUT2D eigenvalue weighted by molar-refractivity contribution is 0.559. The summed E-state index contributed by atoms with van der Waals surface area (Å²) >= 11 is 0. The minimum Gasteiger partial charge on any atom is -0.316 e. The number of fused-ring (bicyclic) bond motifs is 3. The van der Waals surface area contributed by atoms with Gasteiger partial charge in [0.1, 0.15) is 0 Å². The average Bonchev–Trinajstić information content (AvgIpc) is 2.62. The monoisotopic (exact) mass is 160 g/mol. The van der Waals surface area contributed by atoms with Gasteiger partial charge in [-0.15, -0.1) is 0 Å². The molecule has 0 aromatic carbocycles. The third kappa shape index (κ3) is 0.758. The molecular weight excluding hydrogens is 148 g/mol. The molecule has 1 aromatic heterocycles. The molecule has 2 nitrogen and oxygen atoms in total. The topological polar surface area (TPSA) is 24.9 Å². The van der Waals surface area contributed by atoms with Gasteiger partial charge in [0.05, 0.1) is 0 Å². The predicted molar refractivity (Wildman–Crippen MR) is 47.0 cm³/mol. The maximum absolute atomic E-state index is 4.46. The van der Waals surface area contributed by atoms with E-state index >= 15 is 0 Å². The van der Waals surface area contributed by atoms with Crippen LogP contribution in [0.15, 0.2) is 18.3 Å². The van der Waals surface area contributed by atoms with E-state index in [1.807, 2.05) is 12.3 Å². The number of hydrogen-bond acceptors (Lipinski definition) is 2. The van der Waals surface area contributed by atoms with Crippen molar-refractivity contribution in [3.8, 4) is 0 Å². The fraction of sp³-hybridized carbons (Fsp3) is 0.500. The first kappa shape index (κ1) is 6.61. The molecule has 62 valence electrons. The molecular formula is C10H12N2. The summed E-state index contributed by atoms with van der Waals surface area (Å²) in [4.78, 5) is 4.46. The maximum Gasteiger partial charge on any atom is 0.0482 e. The van der Waals surface area contributed by atoms with Gasteiger partial charge in [-0.25, -0.2) is 0 Å². The zero-order valence-corrected chi connectivity index (χ0v) is 6.96. The smallest absolute Gasteiger partial charge is 0.0482 e. The van der Waals surface area contributed by atoms with Crippen LogP contribution in [0.3, 0.4) is 0 Å². The normalized spacial score (nSPS) is 31.7. The third-order valence-corrected chi connectivity index (χ3v) is 3.10. The van der Waals surface area contributed by atoms with Gasteiger partial charge in [-0.1, -0.05) is 6.07 Å². The summed E-state index contributed by atoms with van der Waals surface area (Å²) in [6.45, 7) is 2.32. The molecule has 1 aliphatic carbocycles. The Kier molecular flexibility index (Phi) is 1.27. The van der Waals surface area contributed by atoms with E-state index < -0.39 is 0 Å². The summed E-state index contributed by atoms with van der Waals surface area (Å²) in [7, 11) is 0. The van der Waals surface area contributed by atoms with E-state index in [0.717, 1.165) is 12.5 Å². The van der Waals surface area contributed by atoms with Gasteiger partial charge in [-0.2, -0.15) is 0 Å². The minimum absolute atomic E-state index is 0.709. The van der Waals surface area contributed by atoms with Crippen LogP contribution in [0.25, 0.3) is 0 Å². The van der Waals surface area contributed by atoms with Crippen molar-refractivity contribution >= 4 is 0 Å². The molecule has 2 aliphatic rings. The maximum atomic E-state index is 4.46. The van der Waals surface area contributed by atoms with Crippen LogP contribution in [0.5, 0.6) is 0 Å². The van der Waals surface area contributed by atoms with Crippen LogP contribution in [0.2, 0.25) is 0 Å². The second-order valence-electron chi connectivity index (χ2n) is 3.78. The lowest BCUT2D eigenvalue weighted by Gasteiger charge is -2.05. The minimum atomic E-state index is 0.709. The Hall–Kier alpha value is -0.890. The first-order chi connectivity index (χ1) is 5.95. The van der Waals surface area contributed by atoms with E-state index in [2.05, 4.69) is 16.4 Å². The molecule has 2 heteroatoms. The van der Waals surface area contributed by atoms with Crippen molar-refractivity contribution in [2.24, 2.45) is 5.92 Å². The molecule has 1 fully saturated rings. The van der Waals surface area contributed by atoms with Crippen molar-refractivity contribution in [2.75, 3.05) is 13.1 Å². The molecule has 1 aromatic rings. The molecule has 2 heterocycles. The quantitative estimate of drug-likeness (QED) is 0.611. The van der Waals surface area contributed by atoms with E-state index in [1.54, 1.807) is 0 Å². The number of pyridine rings is 1. The molecule has 1 aliphatic heterocycles. The highest BCUT2D eigenvalue weighted by molar-refractivity contribution is 5.32. The summed E-state index contributed by atoms with van der Waals surface area (Å²) < 4.78 is 0. The van der Waals surface area contributed by atoms with Crippen molar-refractivity contribution in [3.05, 3.63) is 29.6 Å². The summed E-state index contributed by atoms with van der Waals surface area (Å²) in [5.41, 5.74) is 2.83. The molecule has 2 atom stereocenters. The van der Waals surface area contributed by atoms with Gasteiger partial charge >= 0.3 is 0 Å². The third-order valence-electron chi connectivity index (χ3n) is 3.10. The van der Waals surface area contributed by atoms with E-state index in [-0.39, 0.29) is 0 Å². The lowest BCUT2D eigenvalue weighted by atomic mass is 9.99. The summed E-state index contributed by atoms with van der Waals surface area (Å²) in [6.07, 6.45) is 3.15. The van der Waals surface area contributed by atoms with Crippen molar-refractivity contribution in [1.82, 2.24) is 10.3 Å². The molecule has 1 saturated heterocycles. The van der Waals surface area contributed by atoms with E-state index in [4.69, 9.17) is 0 Å². The van der Waals surface area contributed by atoms with Gasteiger partial charge in [0, 0.05) is 24.4 Å². The Morgan fingerprint density at radius 3 is 3.42 bits per heavy atom. The molecule has 0 radical (unpaired) electrons. The van der Waals surface area contributed by atoms with Gasteiger partial charge in [-0.3, -0.25) is 4.98 Å². The standard InChI is InChI=1S/C10H12N2/c1-2-7-4-8-5-11-6-9(8)10(7)12-3-1/h1-3,8-9,11H,4-6H2/t8-,9-/m0/s1. The zero-order valence-electron chi connectivity index (χ0n) is 6.96. The van der Waals surface area contributed by atoms with Crippen molar-refractivity contribution in [3.63, 3.8) is 0 Å². The van der Waals surface area contributed by atoms with Crippen LogP contribution in [0.4, 0.5) is 0 Å². The lowest BCUT2D eigenvalue weighted by Crippen LogP contribution is -2.10. The average molecular weight is 160 g/mol. The van der Waals surface area contributed by atoms with Gasteiger partial charge < -0.3 is 5.32 Å². The highest BCUT2D eigenvalue weighted by atomic mass is 14.9. The first-order valence-corrected chi connectivity index (χ1v) is 4.59. The highest BCUT2D eigenvalue weighted by Crippen LogP contribution is 2.38. The van der Waals surface area contributed by atoms with Crippen LogP contribution in [-0.4, -0.2) is 18.1 Å². The predicted octanol–water partition coefficient (Wildman–Crippen LogP) is 0.941. The second kappa shape index (κ2) is 2.30. The Balaban J connectivity index is 2.09. The van der Waals surface area contributed by atoms with Crippen molar-refractivity contribution in [1.29, 1.82) is 0 Å². The van der Waals surface area contributed by atoms with Gasteiger partial charge in [-0.05, 0) is 30.5 Å². The Morgan fingerprint density at radius 1 is 1.42 bits per heavy atom. The van der Waals surface area contributed by atoms with Crippen molar-refractivity contribution in [2.45, 2.75) is 12.3 Å². The molecule has 12 heavy (non-hydrogen) atoms. The van der Waals surface area contributed by atoms with Crippen LogP contribution in [-0.2, 0) is 6.42 Å². The molecule has 1 N–H and O–H groups in total. The molecule has 3 rings (SSSR count). The fourth-order valence-corrected chi connectivity index (χ4v) is 2.51. The zero-order chi connectivity index (χ0) is 7.97. The van der Waals surface area contributed by atoms with Crippen LogP contribution in [0.1, 0.15) is 17.2 Å². The van der Waals surface area contributed by atoms with E-state index in [1.165, 1.54) is 24.2 Å². The number of rotatable bonds is 0. The Labute approximate surface area is 72.0 Å². The van der Waals surface area contributed by atoms with Gasteiger partial charge in [0.2, 0.25) is 0 Å². The SMILES string of the molecule is c1cnc2c(c1)C[C@H]1CNC[C@H]21. The molecule has 0 amide bonds. The Bertz CT molecular complexity index is 308. The number of aromatic nitrogens is 1. The van der Waals surface area contributed by atoms with Crippen LogP contribution < -0.4 is 5.32 Å². The summed E-state index contributed by atoms with van der Waals surface area (Å²) in [5, 5.41) is 3.43. The summed E-state index contributed by atoms with van der Waals surface area (Å²) in [5.74, 6) is 1.54. The molecule has 0 bridgehead atoms. The van der Waals surface area contributed by atoms with Crippen LogP contribution >= 0.6 is 0 Å². The number of nitrogens with zero attached hydrogens (tertiary/aromatic N) is 1. The van der Waals surface area contributed by atoms with Gasteiger partial charge in [0.15, 0.2) is 0 Å². The largest absolute Gasteiger partial charge is 0.316 e. The molecule has 0 unspecified atom stereocenters. The number of hydrogen-bond donors (Lipinski definition) is 1. The van der Waals surface area contributed by atoms with Crippen LogP contribution in [0, 0.1) is 5.92 Å². The molecule has 0 saturated carbocycles. The van der Waals surface area contributed by atoms with E-state index in [9.17, 15) is 0 Å². The first-order valence-electron chi connectivity index (χ1n) is 4.59. The van der Waals surface area contributed by atoms with Crippen molar-refractivity contribution < 1.29 is 0 Å². The number of nitrogens with one attached hydrogen (secondary N) is 1. The Morgan fingerprint density at radius 2 is 2.42 bits per heavy atom. The molecule has 0 spiro atoms. The van der Waals surface area contributed by atoms with Gasteiger partial charge in [0.25, 0.3) is 0 Å². The fourth-order valence-electron chi connectivity index (χ4n) is 2.51. The van der Waals surface area contributed by atoms with E-state index in [0.29, 0.717) is 5.92 Å². The summed E-state index contributed by atoms with van der Waals surface area (Å²) in [6, 6.07) is 4.27. The second-order valence-corrected chi connectivity index (χ2v) is 3.78.